The molecule has 1 saturated carbocycles. The zero-order valence-electron chi connectivity index (χ0n) is 11.5. The molecule has 5 nitrogen and oxygen atoms in total. The number of likely N-dealkylation sites (tertiary alicyclic amines) is 1. The van der Waals surface area contributed by atoms with Gasteiger partial charge in [-0.1, -0.05) is 0 Å². The minimum absolute atomic E-state index is 0.0215. The van der Waals surface area contributed by atoms with Gasteiger partial charge in [0.1, 0.15) is 5.76 Å². The summed E-state index contributed by atoms with van der Waals surface area (Å²) in [4.78, 5) is 25.9. The number of hydrogen-bond donors (Lipinski definition) is 1. The van der Waals surface area contributed by atoms with Crippen LogP contribution in [0.5, 0.6) is 0 Å². The molecule has 1 aromatic heterocycles. The lowest BCUT2D eigenvalue weighted by Gasteiger charge is -2.31. The molecule has 0 radical (unpaired) electrons. The van der Waals surface area contributed by atoms with Crippen LogP contribution in [0, 0.1) is 11.8 Å². The van der Waals surface area contributed by atoms with E-state index in [4.69, 9.17) is 4.42 Å². The van der Waals surface area contributed by atoms with Crippen molar-refractivity contribution >= 4 is 11.8 Å². The fourth-order valence-corrected chi connectivity index (χ4v) is 2.68. The molecule has 0 unspecified atom stereocenters. The molecule has 0 aromatic carbocycles. The van der Waals surface area contributed by atoms with Gasteiger partial charge < -0.3 is 14.6 Å². The quantitative estimate of drug-likeness (QED) is 0.907. The van der Waals surface area contributed by atoms with Crippen molar-refractivity contribution in [3.8, 4) is 0 Å². The van der Waals surface area contributed by atoms with Crippen LogP contribution in [-0.4, -0.2) is 29.8 Å². The minimum atomic E-state index is 0.0215. The van der Waals surface area contributed by atoms with E-state index in [1.165, 1.54) is 0 Å². The van der Waals surface area contributed by atoms with Crippen molar-refractivity contribution < 1.29 is 14.0 Å². The highest BCUT2D eigenvalue weighted by atomic mass is 16.3. The van der Waals surface area contributed by atoms with Gasteiger partial charge in [-0.05, 0) is 37.8 Å². The molecule has 2 fully saturated rings. The van der Waals surface area contributed by atoms with E-state index in [1.54, 1.807) is 6.26 Å². The van der Waals surface area contributed by atoms with Crippen molar-refractivity contribution in [3.05, 3.63) is 24.2 Å². The summed E-state index contributed by atoms with van der Waals surface area (Å²) in [6.45, 7) is 1.87. The van der Waals surface area contributed by atoms with E-state index >= 15 is 0 Å². The Morgan fingerprint density at radius 2 is 1.95 bits per heavy atom. The highest BCUT2D eigenvalue weighted by Crippen LogP contribution is 2.32. The molecule has 3 rings (SSSR count). The van der Waals surface area contributed by atoms with Gasteiger partial charge in [-0.25, -0.2) is 0 Å². The van der Waals surface area contributed by atoms with Crippen LogP contribution >= 0.6 is 0 Å². The number of amides is 2. The molecule has 108 valence electrons. The molecule has 1 aliphatic heterocycles. The SMILES string of the molecule is O=C(NCc1ccco1)C1CCN(C(=O)C2CC2)CC1. The fourth-order valence-electron chi connectivity index (χ4n) is 2.68. The standard InChI is InChI=1S/C15H20N2O3/c18-14(16-10-13-2-1-9-20-13)11-5-7-17(8-6-11)15(19)12-3-4-12/h1-2,9,11-12H,3-8,10H2,(H,16,18). The van der Waals surface area contributed by atoms with E-state index in [2.05, 4.69) is 5.32 Å². The smallest absolute Gasteiger partial charge is 0.225 e. The predicted molar refractivity (Wildman–Crippen MR) is 72.6 cm³/mol. The van der Waals surface area contributed by atoms with Crippen LogP contribution in [0.3, 0.4) is 0 Å². The largest absolute Gasteiger partial charge is 0.467 e. The average molecular weight is 276 g/mol. The number of rotatable bonds is 4. The van der Waals surface area contributed by atoms with Crippen molar-refractivity contribution in [2.75, 3.05) is 13.1 Å². The molecule has 1 aliphatic carbocycles. The first kappa shape index (κ1) is 13.2. The highest BCUT2D eigenvalue weighted by Gasteiger charge is 2.35. The van der Waals surface area contributed by atoms with E-state index in [9.17, 15) is 9.59 Å². The summed E-state index contributed by atoms with van der Waals surface area (Å²) in [5, 5.41) is 2.90. The van der Waals surface area contributed by atoms with E-state index in [0.29, 0.717) is 25.5 Å². The molecule has 2 heterocycles. The highest BCUT2D eigenvalue weighted by molar-refractivity contribution is 5.82. The number of nitrogens with zero attached hydrogens (tertiary/aromatic N) is 1. The zero-order chi connectivity index (χ0) is 13.9. The second-order valence-corrected chi connectivity index (χ2v) is 5.67. The van der Waals surface area contributed by atoms with Crippen LogP contribution in [0.1, 0.15) is 31.4 Å². The third kappa shape index (κ3) is 3.03. The number of nitrogens with one attached hydrogen (secondary N) is 1. The normalized spacial score (nSPS) is 19.9. The van der Waals surface area contributed by atoms with Crippen LogP contribution in [0.4, 0.5) is 0 Å². The second kappa shape index (κ2) is 5.69. The first-order valence-corrected chi connectivity index (χ1v) is 7.33. The fraction of sp³-hybridized carbons (Fsp3) is 0.600. The molecule has 20 heavy (non-hydrogen) atoms. The Hall–Kier alpha value is -1.78. The Labute approximate surface area is 118 Å². The molecule has 5 heteroatoms. The van der Waals surface area contributed by atoms with Gasteiger partial charge in [0.15, 0.2) is 0 Å². The third-order valence-electron chi connectivity index (χ3n) is 4.12. The maximum atomic E-state index is 12.1. The van der Waals surface area contributed by atoms with Gasteiger partial charge in [-0.15, -0.1) is 0 Å². The van der Waals surface area contributed by atoms with Gasteiger partial charge in [-0.3, -0.25) is 9.59 Å². The summed E-state index contributed by atoms with van der Waals surface area (Å²) in [5.74, 6) is 1.42. The second-order valence-electron chi connectivity index (χ2n) is 5.67. The number of carbonyl (C=O) groups excluding carboxylic acids is 2. The topological polar surface area (TPSA) is 62.6 Å². The third-order valence-corrected chi connectivity index (χ3v) is 4.12. The van der Waals surface area contributed by atoms with Gasteiger partial charge >= 0.3 is 0 Å². The minimum Gasteiger partial charge on any atom is -0.467 e. The molecule has 0 bridgehead atoms. The van der Waals surface area contributed by atoms with Crippen molar-refractivity contribution in [2.45, 2.75) is 32.2 Å². The lowest BCUT2D eigenvalue weighted by Crippen LogP contribution is -2.43. The Bertz CT molecular complexity index is 471. The van der Waals surface area contributed by atoms with Crippen LogP contribution in [0.25, 0.3) is 0 Å². The molecule has 1 saturated heterocycles. The molecular weight excluding hydrogens is 256 g/mol. The Kier molecular flexibility index (Phi) is 3.76. The summed E-state index contributed by atoms with van der Waals surface area (Å²) in [6, 6.07) is 3.65. The Morgan fingerprint density at radius 1 is 1.20 bits per heavy atom. The van der Waals surface area contributed by atoms with Crippen molar-refractivity contribution in [2.24, 2.45) is 11.8 Å². The summed E-state index contributed by atoms with van der Waals surface area (Å²) in [5.41, 5.74) is 0. The average Bonchev–Trinajstić information content (AvgIpc) is 3.21. The Balaban J connectivity index is 1.42. The summed E-state index contributed by atoms with van der Waals surface area (Å²) >= 11 is 0. The van der Waals surface area contributed by atoms with Gasteiger partial charge in [0.2, 0.25) is 11.8 Å². The molecule has 0 atom stereocenters. The van der Waals surface area contributed by atoms with Crippen molar-refractivity contribution in [1.29, 1.82) is 0 Å². The lowest BCUT2D eigenvalue weighted by atomic mass is 9.95. The number of carbonyl (C=O) groups is 2. The van der Waals surface area contributed by atoms with Crippen LogP contribution < -0.4 is 5.32 Å². The van der Waals surface area contributed by atoms with Gasteiger partial charge in [-0.2, -0.15) is 0 Å². The van der Waals surface area contributed by atoms with Crippen molar-refractivity contribution in [3.63, 3.8) is 0 Å². The van der Waals surface area contributed by atoms with Gasteiger partial charge in [0.25, 0.3) is 0 Å². The number of piperidine rings is 1. The molecule has 0 spiro atoms. The number of hydrogen-bond acceptors (Lipinski definition) is 3. The maximum Gasteiger partial charge on any atom is 0.225 e. The first-order chi connectivity index (χ1) is 9.74. The molecule has 1 aromatic rings. The molecular formula is C15H20N2O3. The molecule has 2 amide bonds. The van der Waals surface area contributed by atoms with Crippen LogP contribution in [-0.2, 0) is 16.1 Å². The van der Waals surface area contributed by atoms with E-state index in [1.807, 2.05) is 17.0 Å². The molecule has 1 N–H and O–H groups in total. The zero-order valence-corrected chi connectivity index (χ0v) is 11.5. The maximum absolute atomic E-state index is 12.1. The monoisotopic (exact) mass is 276 g/mol. The lowest BCUT2D eigenvalue weighted by molar-refractivity contribution is -0.136. The first-order valence-electron chi connectivity index (χ1n) is 7.33. The van der Waals surface area contributed by atoms with Crippen molar-refractivity contribution in [1.82, 2.24) is 10.2 Å². The van der Waals surface area contributed by atoms with Crippen LogP contribution in [0.15, 0.2) is 22.8 Å². The van der Waals surface area contributed by atoms with Crippen LogP contribution in [0.2, 0.25) is 0 Å². The van der Waals surface area contributed by atoms with Gasteiger partial charge in [0.05, 0.1) is 12.8 Å². The summed E-state index contributed by atoms with van der Waals surface area (Å²) < 4.78 is 5.19. The Morgan fingerprint density at radius 3 is 2.55 bits per heavy atom. The molecule has 2 aliphatic rings. The summed E-state index contributed by atoms with van der Waals surface area (Å²) in [6.07, 6.45) is 5.22. The van der Waals surface area contributed by atoms with E-state index in [0.717, 1.165) is 31.4 Å². The number of furan rings is 1. The van der Waals surface area contributed by atoms with Gasteiger partial charge in [0, 0.05) is 24.9 Å². The summed E-state index contributed by atoms with van der Waals surface area (Å²) in [7, 11) is 0. The van der Waals surface area contributed by atoms with E-state index < -0.39 is 0 Å². The van der Waals surface area contributed by atoms with E-state index in [-0.39, 0.29) is 17.7 Å². The predicted octanol–water partition coefficient (Wildman–Crippen LogP) is 1.54.